The number of aliphatic hydroxyl groups excluding tert-OH is 2. The average Bonchev–Trinajstić information content (AvgIpc) is 3.28. The number of carbonyl (C=O) groups is 2. The second kappa shape index (κ2) is 53.0. The van der Waals surface area contributed by atoms with Crippen molar-refractivity contribution in [2.45, 2.75) is 315 Å². The minimum Gasteiger partial charge on any atom is -0.466 e. The van der Waals surface area contributed by atoms with Crippen molar-refractivity contribution in [2.75, 3.05) is 13.2 Å². The smallest absolute Gasteiger partial charge is 0.305 e. The minimum absolute atomic E-state index is 0.00764. The van der Waals surface area contributed by atoms with Crippen LogP contribution >= 0.6 is 0 Å². The Kier molecular flexibility index (Phi) is 51.6. The van der Waals surface area contributed by atoms with Gasteiger partial charge in [-0.25, -0.2) is 0 Å². The highest BCUT2D eigenvalue weighted by Crippen LogP contribution is 2.16. The first-order valence-electron chi connectivity index (χ1n) is 28.1. The summed E-state index contributed by atoms with van der Waals surface area (Å²) in [5.41, 5.74) is 0. The van der Waals surface area contributed by atoms with E-state index in [0.717, 1.165) is 44.9 Å². The number of hydrogen-bond acceptors (Lipinski definition) is 5. The number of hydrogen-bond donors (Lipinski definition) is 3. The highest BCUT2D eigenvalue weighted by atomic mass is 16.5. The summed E-state index contributed by atoms with van der Waals surface area (Å²) in [6, 6.07) is -0.632. The van der Waals surface area contributed by atoms with Gasteiger partial charge in [-0.05, 0) is 57.8 Å². The van der Waals surface area contributed by atoms with Gasteiger partial charge in [0.2, 0.25) is 5.91 Å². The van der Waals surface area contributed by atoms with Gasteiger partial charge in [-0.3, -0.25) is 9.59 Å². The molecule has 0 fully saturated rings. The van der Waals surface area contributed by atoms with E-state index in [1.54, 1.807) is 6.08 Å². The second-order valence-corrected chi connectivity index (χ2v) is 19.3. The summed E-state index contributed by atoms with van der Waals surface area (Å²) >= 11 is 0. The standard InChI is InChI=1S/C57H109NO5/c1-3-5-7-9-11-13-15-17-27-31-35-39-43-47-51-57(62)63-52-48-44-40-36-32-28-25-23-21-19-18-20-22-24-26-30-34-38-42-46-50-56(61)58-54(53-59)55(60)49-45-41-37-33-29-16-14-12-10-8-6-4-2/h18,20,45,49,54-55,59-60H,3-17,19,21-44,46-48,50-53H2,1-2H3,(H,58,61)/b20-18-,49-45+. The van der Waals surface area contributed by atoms with Crippen molar-refractivity contribution in [1.29, 1.82) is 0 Å². The summed E-state index contributed by atoms with van der Waals surface area (Å²) in [5.74, 6) is -0.0693. The largest absolute Gasteiger partial charge is 0.466 e. The van der Waals surface area contributed by atoms with Crippen LogP contribution in [0.2, 0.25) is 0 Å². The summed E-state index contributed by atoms with van der Waals surface area (Å²) in [6.07, 6.45) is 63.4. The van der Waals surface area contributed by atoms with Crippen LogP contribution in [0.3, 0.4) is 0 Å². The lowest BCUT2D eigenvalue weighted by Crippen LogP contribution is -2.45. The van der Waals surface area contributed by atoms with Crippen LogP contribution in [0.4, 0.5) is 0 Å². The molecule has 6 nitrogen and oxygen atoms in total. The molecule has 0 aromatic carbocycles. The molecule has 63 heavy (non-hydrogen) atoms. The third-order valence-corrected chi connectivity index (χ3v) is 13.0. The number of aliphatic hydroxyl groups is 2. The Morgan fingerprint density at radius 3 is 1.13 bits per heavy atom. The molecule has 0 aliphatic rings. The molecule has 0 rings (SSSR count). The molecule has 0 saturated heterocycles. The van der Waals surface area contributed by atoms with Crippen LogP contribution in [0, 0.1) is 0 Å². The summed E-state index contributed by atoms with van der Waals surface area (Å²) in [7, 11) is 0. The third-order valence-electron chi connectivity index (χ3n) is 13.0. The average molecular weight is 889 g/mol. The maximum atomic E-state index is 12.4. The number of carbonyl (C=O) groups excluding carboxylic acids is 2. The molecule has 3 N–H and O–H groups in total. The van der Waals surface area contributed by atoms with E-state index in [9.17, 15) is 19.8 Å². The summed E-state index contributed by atoms with van der Waals surface area (Å²) in [4.78, 5) is 24.4. The van der Waals surface area contributed by atoms with E-state index in [2.05, 4.69) is 31.3 Å². The first kappa shape index (κ1) is 61.3. The van der Waals surface area contributed by atoms with Crippen molar-refractivity contribution in [2.24, 2.45) is 0 Å². The van der Waals surface area contributed by atoms with Crippen LogP contribution < -0.4 is 5.32 Å². The normalized spacial score (nSPS) is 12.8. The molecular weight excluding hydrogens is 779 g/mol. The predicted molar refractivity (Wildman–Crippen MR) is 273 cm³/mol. The van der Waals surface area contributed by atoms with Gasteiger partial charge < -0.3 is 20.3 Å². The molecule has 1 amide bonds. The number of unbranched alkanes of at least 4 members (excludes halogenated alkanes) is 39. The maximum absolute atomic E-state index is 12.4. The third kappa shape index (κ3) is 49.6. The Hall–Kier alpha value is -1.66. The van der Waals surface area contributed by atoms with Gasteiger partial charge in [0.15, 0.2) is 0 Å². The highest BCUT2D eigenvalue weighted by Gasteiger charge is 2.18. The fourth-order valence-electron chi connectivity index (χ4n) is 8.63. The number of nitrogens with one attached hydrogen (secondary N) is 1. The Morgan fingerprint density at radius 2 is 0.746 bits per heavy atom. The second-order valence-electron chi connectivity index (χ2n) is 19.3. The van der Waals surface area contributed by atoms with Gasteiger partial charge in [0, 0.05) is 12.8 Å². The molecule has 0 aliphatic heterocycles. The fourth-order valence-corrected chi connectivity index (χ4v) is 8.63. The molecule has 0 aliphatic carbocycles. The molecule has 0 bridgehead atoms. The topological polar surface area (TPSA) is 95.9 Å². The lowest BCUT2D eigenvalue weighted by molar-refractivity contribution is -0.143. The molecule has 0 aromatic rings. The molecule has 0 aromatic heterocycles. The monoisotopic (exact) mass is 888 g/mol. The lowest BCUT2D eigenvalue weighted by atomic mass is 10.0. The van der Waals surface area contributed by atoms with Gasteiger partial charge in [-0.1, -0.05) is 256 Å². The van der Waals surface area contributed by atoms with Crippen LogP contribution in [0.25, 0.3) is 0 Å². The number of esters is 1. The van der Waals surface area contributed by atoms with E-state index in [4.69, 9.17) is 4.74 Å². The zero-order valence-electron chi connectivity index (χ0n) is 42.3. The Labute approximate surface area is 392 Å². The molecule has 0 saturated carbocycles. The summed E-state index contributed by atoms with van der Waals surface area (Å²) in [5, 5.41) is 23.0. The minimum atomic E-state index is -0.848. The predicted octanol–water partition coefficient (Wildman–Crippen LogP) is 17.1. The van der Waals surface area contributed by atoms with E-state index in [1.807, 2.05) is 6.08 Å². The first-order valence-corrected chi connectivity index (χ1v) is 28.1. The number of rotatable bonds is 52. The van der Waals surface area contributed by atoms with E-state index >= 15 is 0 Å². The van der Waals surface area contributed by atoms with Crippen LogP contribution in [0.1, 0.15) is 303 Å². The molecule has 2 unspecified atom stereocenters. The lowest BCUT2D eigenvalue weighted by Gasteiger charge is -2.20. The van der Waals surface area contributed by atoms with Crippen LogP contribution in [0.15, 0.2) is 24.3 Å². The zero-order chi connectivity index (χ0) is 45.8. The van der Waals surface area contributed by atoms with Crippen molar-refractivity contribution < 1.29 is 24.5 Å². The van der Waals surface area contributed by atoms with Crippen molar-refractivity contribution in [3.05, 3.63) is 24.3 Å². The SMILES string of the molecule is CCCCCCCCCCCC/C=C/C(O)C(CO)NC(=O)CCCCCCCCC/C=C\CCCCCCCCCCCOC(=O)CCCCCCCCCCCCCCCC. The van der Waals surface area contributed by atoms with E-state index in [-0.39, 0.29) is 18.5 Å². The van der Waals surface area contributed by atoms with Crippen molar-refractivity contribution in [1.82, 2.24) is 5.32 Å². The van der Waals surface area contributed by atoms with Crippen LogP contribution in [-0.4, -0.2) is 47.4 Å². The van der Waals surface area contributed by atoms with Crippen molar-refractivity contribution >= 4 is 11.9 Å². The summed E-state index contributed by atoms with van der Waals surface area (Å²) in [6.45, 7) is 4.89. The highest BCUT2D eigenvalue weighted by molar-refractivity contribution is 5.76. The van der Waals surface area contributed by atoms with Crippen molar-refractivity contribution in [3.63, 3.8) is 0 Å². The Bertz CT molecular complexity index is 982. The first-order chi connectivity index (χ1) is 31.0. The Morgan fingerprint density at radius 1 is 0.429 bits per heavy atom. The van der Waals surface area contributed by atoms with Gasteiger partial charge in [0.05, 0.1) is 25.4 Å². The van der Waals surface area contributed by atoms with Gasteiger partial charge in [-0.2, -0.15) is 0 Å². The fraction of sp³-hybridized carbons (Fsp3) is 0.895. The Balaban J connectivity index is 3.43. The quantitative estimate of drug-likeness (QED) is 0.0321. The van der Waals surface area contributed by atoms with Gasteiger partial charge in [0.1, 0.15) is 0 Å². The van der Waals surface area contributed by atoms with E-state index < -0.39 is 12.1 Å². The maximum Gasteiger partial charge on any atom is 0.305 e. The van der Waals surface area contributed by atoms with Gasteiger partial charge in [-0.15, -0.1) is 0 Å². The molecule has 0 spiro atoms. The summed E-state index contributed by atoms with van der Waals surface area (Å²) < 4.78 is 5.47. The van der Waals surface area contributed by atoms with E-state index in [1.165, 1.54) is 231 Å². The number of allylic oxidation sites excluding steroid dienone is 3. The molecular formula is C57H109NO5. The number of amides is 1. The molecule has 2 atom stereocenters. The molecule has 6 heteroatoms. The molecule has 372 valence electrons. The van der Waals surface area contributed by atoms with Crippen LogP contribution in [0.5, 0.6) is 0 Å². The molecule has 0 heterocycles. The number of ether oxygens (including phenoxy) is 1. The molecule has 0 radical (unpaired) electrons. The van der Waals surface area contributed by atoms with Gasteiger partial charge >= 0.3 is 5.97 Å². The van der Waals surface area contributed by atoms with E-state index in [0.29, 0.717) is 19.4 Å². The van der Waals surface area contributed by atoms with Crippen molar-refractivity contribution in [3.8, 4) is 0 Å². The van der Waals surface area contributed by atoms with Gasteiger partial charge in [0.25, 0.3) is 0 Å². The van der Waals surface area contributed by atoms with Crippen LogP contribution in [-0.2, 0) is 14.3 Å². The zero-order valence-corrected chi connectivity index (χ0v) is 42.3.